The van der Waals surface area contributed by atoms with E-state index in [1.165, 1.54) is 54.3 Å². The summed E-state index contributed by atoms with van der Waals surface area (Å²) in [6.45, 7) is 2.83. The maximum absolute atomic E-state index is 14.7. The number of ether oxygens (including phenoxy) is 1. The van der Waals surface area contributed by atoms with E-state index in [0.29, 0.717) is 80.7 Å². The van der Waals surface area contributed by atoms with Gasteiger partial charge in [-0.2, -0.15) is 39.0 Å². The van der Waals surface area contributed by atoms with Gasteiger partial charge in [0.05, 0.1) is 92.9 Å². The van der Waals surface area contributed by atoms with Crippen LogP contribution in [0, 0.1) is 34.3 Å². The molecule has 0 atom stereocenters. The summed E-state index contributed by atoms with van der Waals surface area (Å²) in [5.74, 6) is 2.47. The third-order valence-corrected chi connectivity index (χ3v) is 13.2. The summed E-state index contributed by atoms with van der Waals surface area (Å²) in [6.07, 6.45) is 8.66. The molecule has 24 nitrogen and oxygen atoms in total. The highest BCUT2D eigenvalue weighted by molar-refractivity contribution is 6.33. The number of nitriles is 2. The molecule has 13 rings (SSSR count). The molecule has 0 amide bonds. The maximum atomic E-state index is 14.7. The molecule has 1 aliphatic rings. The summed E-state index contributed by atoms with van der Waals surface area (Å²) in [5.41, 5.74) is 12.4. The molecule has 1 fully saturated rings. The Balaban J connectivity index is 0.000000135. The predicted molar refractivity (Wildman–Crippen MR) is 309 cm³/mol. The number of para-hydroxylation sites is 1. The first kappa shape index (κ1) is 56.6. The molecular formula is C55H38Cl2F5N23O. The van der Waals surface area contributed by atoms with Gasteiger partial charge in [0.25, 0.3) is 0 Å². The third-order valence-electron chi connectivity index (χ3n) is 12.7. The average molecular weight is 1200 g/mol. The van der Waals surface area contributed by atoms with Crippen molar-refractivity contribution in [2.75, 3.05) is 58.6 Å². The summed E-state index contributed by atoms with van der Waals surface area (Å²) in [7, 11) is 0. The van der Waals surface area contributed by atoms with Crippen LogP contribution in [0.5, 0.6) is 0 Å². The van der Waals surface area contributed by atoms with Gasteiger partial charge < -0.3 is 37.1 Å². The van der Waals surface area contributed by atoms with E-state index in [9.17, 15) is 22.0 Å². The molecule has 86 heavy (non-hydrogen) atoms. The van der Waals surface area contributed by atoms with Gasteiger partial charge >= 0.3 is 6.18 Å². The lowest BCUT2D eigenvalue weighted by atomic mass is 10.1. The lowest BCUT2D eigenvalue weighted by Gasteiger charge is -2.27. The Hall–Kier alpha value is -11.3. The van der Waals surface area contributed by atoms with Crippen molar-refractivity contribution in [3.63, 3.8) is 0 Å². The van der Waals surface area contributed by atoms with Crippen LogP contribution in [0.15, 0.2) is 141 Å². The number of nitrogens with one attached hydrogen (secondary N) is 3. The van der Waals surface area contributed by atoms with E-state index in [4.69, 9.17) is 49.9 Å². The monoisotopic (exact) mass is 1200 g/mol. The number of pyridine rings is 3. The van der Waals surface area contributed by atoms with Gasteiger partial charge in [-0.25, -0.2) is 67.7 Å². The number of rotatable bonds is 10. The maximum Gasteiger partial charge on any atom is 0.418 e. The van der Waals surface area contributed by atoms with Crippen LogP contribution in [0.1, 0.15) is 16.7 Å². The van der Waals surface area contributed by atoms with Crippen molar-refractivity contribution in [2.24, 2.45) is 0 Å². The van der Waals surface area contributed by atoms with Gasteiger partial charge in [-0.15, -0.1) is 0 Å². The van der Waals surface area contributed by atoms with Crippen LogP contribution in [0.3, 0.4) is 0 Å². The fraction of sp³-hybridized carbons (Fsp3) is 0.0909. The fourth-order valence-corrected chi connectivity index (χ4v) is 9.26. The van der Waals surface area contributed by atoms with Gasteiger partial charge in [0.1, 0.15) is 88.5 Å². The smallest absolute Gasteiger partial charge is 0.384 e. The van der Waals surface area contributed by atoms with E-state index < -0.39 is 29.1 Å². The number of hydrogen-bond donors (Lipinski definition) is 5. The van der Waals surface area contributed by atoms with Crippen molar-refractivity contribution >= 4 is 108 Å². The number of nitrogens with two attached hydrogens (primary N) is 2. The Labute approximate surface area is 491 Å². The first-order valence-corrected chi connectivity index (χ1v) is 25.9. The van der Waals surface area contributed by atoms with Crippen LogP contribution in [0.25, 0.3) is 49.8 Å². The minimum Gasteiger partial charge on any atom is -0.384 e. The molecule has 3 aromatic carbocycles. The summed E-state index contributed by atoms with van der Waals surface area (Å²) in [6, 6.07) is 24.2. The van der Waals surface area contributed by atoms with Gasteiger partial charge in [-0.3, -0.25) is 0 Å². The summed E-state index contributed by atoms with van der Waals surface area (Å²) < 4.78 is 78.5. The molecule has 0 bridgehead atoms. The minimum absolute atomic E-state index is 0.0643. The molecule has 428 valence electrons. The molecule has 7 N–H and O–H groups in total. The van der Waals surface area contributed by atoms with Crippen molar-refractivity contribution in [2.45, 2.75) is 6.18 Å². The number of nitrogen functional groups attached to an aromatic ring is 2. The third kappa shape index (κ3) is 12.4. The number of morpholine rings is 1. The highest BCUT2D eigenvalue weighted by atomic mass is 35.5. The molecule has 31 heteroatoms. The molecule has 1 aliphatic heterocycles. The fourth-order valence-electron chi connectivity index (χ4n) is 8.71. The Bertz CT molecular complexity index is 4570. The van der Waals surface area contributed by atoms with E-state index in [2.05, 4.69) is 87.1 Å². The number of fused-ring (bicyclic) bond motifs is 3. The minimum atomic E-state index is -4.75. The van der Waals surface area contributed by atoms with Crippen LogP contribution in [-0.2, 0) is 10.9 Å². The van der Waals surface area contributed by atoms with Crippen LogP contribution >= 0.6 is 23.2 Å². The Morgan fingerprint density at radius 3 is 1.51 bits per heavy atom. The quantitative estimate of drug-likeness (QED) is 0.0795. The second-order valence-corrected chi connectivity index (χ2v) is 19.1. The number of aromatic nitrogens is 15. The SMILES string of the molecule is N#Cc1cc(F)c(-n2ncc3cnc(Nc4cc(N5CCOCC5)ncn4)cc32)c(Cl)c1.N#Cc1ccc(-n2ncc3cnc(Nc4cc(N)ncn4)cc32)c(Cl)c1.Nc1cc(Nc2cc3c(cn2)cnn3-c2c(F)cccc2C(F)(F)F)ncn1. The predicted octanol–water partition coefficient (Wildman–Crippen LogP) is 10.2. The van der Waals surface area contributed by atoms with Crippen molar-refractivity contribution in [1.82, 2.24) is 74.2 Å². The van der Waals surface area contributed by atoms with E-state index >= 15 is 0 Å². The summed E-state index contributed by atoms with van der Waals surface area (Å²) >= 11 is 12.6. The van der Waals surface area contributed by atoms with Crippen LogP contribution < -0.4 is 32.3 Å². The normalized spacial score (nSPS) is 12.2. The van der Waals surface area contributed by atoms with Gasteiger partial charge in [-0.05, 0) is 42.5 Å². The Morgan fingerprint density at radius 2 is 1.00 bits per heavy atom. The zero-order valence-corrected chi connectivity index (χ0v) is 45.4. The zero-order valence-electron chi connectivity index (χ0n) is 43.9. The first-order chi connectivity index (χ1) is 41.6. The van der Waals surface area contributed by atoms with Gasteiger partial charge in [0.15, 0.2) is 5.82 Å². The van der Waals surface area contributed by atoms with Crippen molar-refractivity contribution in [1.29, 1.82) is 10.5 Å². The molecule has 0 radical (unpaired) electrons. The molecule has 9 aromatic heterocycles. The lowest BCUT2D eigenvalue weighted by molar-refractivity contribution is -0.137. The van der Waals surface area contributed by atoms with Crippen molar-refractivity contribution < 1.29 is 26.7 Å². The molecule has 12 aromatic rings. The molecule has 10 heterocycles. The number of nitrogens with zero attached hydrogens (tertiary/aromatic N) is 18. The second kappa shape index (κ2) is 24.3. The topological polar surface area (TPSA) is 318 Å². The number of benzene rings is 3. The number of halogens is 7. The van der Waals surface area contributed by atoms with E-state index in [1.807, 2.05) is 18.2 Å². The summed E-state index contributed by atoms with van der Waals surface area (Å²) in [4.78, 5) is 39.3. The van der Waals surface area contributed by atoms with Gasteiger partial charge in [0.2, 0.25) is 0 Å². The largest absolute Gasteiger partial charge is 0.418 e. The molecular weight excluding hydrogens is 1160 g/mol. The molecule has 0 spiro atoms. The Kier molecular flexibility index (Phi) is 16.0. The van der Waals surface area contributed by atoms with Crippen molar-refractivity contribution in [3.05, 3.63) is 179 Å². The molecule has 0 unspecified atom stereocenters. The van der Waals surface area contributed by atoms with Crippen LogP contribution in [0.2, 0.25) is 10.0 Å². The lowest BCUT2D eigenvalue weighted by Crippen LogP contribution is -2.36. The van der Waals surface area contributed by atoms with E-state index in [0.717, 1.165) is 58.8 Å². The molecule has 0 aliphatic carbocycles. The van der Waals surface area contributed by atoms with Gasteiger partial charge in [0, 0.05) is 84.2 Å². The van der Waals surface area contributed by atoms with Crippen LogP contribution in [-0.4, -0.2) is 101 Å². The molecule has 1 saturated heterocycles. The second-order valence-electron chi connectivity index (χ2n) is 18.3. The number of hydrogen-bond acceptors (Lipinski definition) is 21. The highest BCUT2D eigenvalue weighted by Gasteiger charge is 2.36. The highest BCUT2D eigenvalue weighted by Crippen LogP contribution is 2.37. The summed E-state index contributed by atoms with van der Waals surface area (Å²) in [5, 5.41) is 42.2. The van der Waals surface area contributed by atoms with Gasteiger partial charge in [-0.1, -0.05) is 29.3 Å². The van der Waals surface area contributed by atoms with E-state index in [-0.39, 0.29) is 33.4 Å². The molecule has 0 saturated carbocycles. The van der Waals surface area contributed by atoms with Crippen molar-refractivity contribution in [3.8, 4) is 29.2 Å². The zero-order chi connectivity index (χ0) is 60.1. The average Bonchev–Trinajstić information content (AvgIpc) is 2.90. The standard InChI is InChI=1S/C21H16ClFN8O.C17H11ClN8.C17H11F4N7/c22-15-5-13(9-24)6-16(23)21(15)31-17-7-18(25-10-14(17)11-28-31)29-19-8-20(27-12-26-19)30-1-3-32-4-2-30;18-12-3-10(6-19)1-2-13(12)26-14-4-16(21-7-11(14)8-24-26)25-17-5-15(20)22-9-23-17;18-11-3-1-2-10(17(19,20)21)16(11)28-12-4-14(23-6-9(12)7-26-28)27-15-5-13(22)24-8-25-15/h5-8,10-12H,1-4H2,(H,25,26,27,29);1-5,7-9H,(H3,20,21,22,23,25);1-8H,(H3,22,23,24,25,27). The number of alkyl halides is 3. The first-order valence-electron chi connectivity index (χ1n) is 25.2. The van der Waals surface area contributed by atoms with E-state index in [1.54, 1.807) is 59.8 Å². The van der Waals surface area contributed by atoms with Crippen LogP contribution in [0.4, 0.5) is 74.3 Å². The Morgan fingerprint density at radius 1 is 0.512 bits per heavy atom. The number of anilines is 9.